The van der Waals surface area contributed by atoms with Gasteiger partial charge in [0, 0.05) is 18.2 Å². The van der Waals surface area contributed by atoms with Crippen molar-refractivity contribution in [3.05, 3.63) is 48.3 Å². The third-order valence-corrected chi connectivity index (χ3v) is 3.48. The summed E-state index contributed by atoms with van der Waals surface area (Å²) in [4.78, 5) is 21.0. The molecule has 3 heterocycles. The van der Waals surface area contributed by atoms with Crippen LogP contribution < -0.4 is 5.32 Å². The number of amides is 1. The summed E-state index contributed by atoms with van der Waals surface area (Å²) in [5.41, 5.74) is 0.465. The number of nitrogens with zero attached hydrogens (tertiary/aromatic N) is 6. The van der Waals surface area contributed by atoms with E-state index < -0.39 is 6.04 Å². The number of carbonyl (C=O) groups excluding carboxylic acids is 1. The first-order valence-corrected chi connectivity index (χ1v) is 7.97. The molecule has 0 fully saturated rings. The van der Waals surface area contributed by atoms with Gasteiger partial charge in [-0.05, 0) is 25.0 Å². The van der Waals surface area contributed by atoms with Gasteiger partial charge in [0.25, 0.3) is 5.91 Å². The van der Waals surface area contributed by atoms with Crippen molar-refractivity contribution in [1.29, 1.82) is 0 Å². The van der Waals surface area contributed by atoms with Gasteiger partial charge in [-0.2, -0.15) is 4.98 Å². The fourth-order valence-corrected chi connectivity index (χ4v) is 2.25. The summed E-state index contributed by atoms with van der Waals surface area (Å²) >= 11 is 0. The molecule has 0 aliphatic carbocycles. The van der Waals surface area contributed by atoms with E-state index in [0.29, 0.717) is 29.0 Å². The van der Waals surface area contributed by atoms with Crippen molar-refractivity contribution >= 4 is 5.91 Å². The number of rotatable bonds is 6. The quantitative estimate of drug-likeness (QED) is 0.726. The van der Waals surface area contributed by atoms with Crippen LogP contribution in [0.15, 0.2) is 35.5 Å². The zero-order valence-electron chi connectivity index (χ0n) is 14.2. The first kappa shape index (κ1) is 16.7. The van der Waals surface area contributed by atoms with E-state index in [4.69, 9.17) is 4.52 Å². The standard InChI is InChI=1S/C16H19N7O2/c1-10(2)6-13-21-16(25-22-13)11(3)20-15(24)12-4-5-17-14(7-12)23-8-18-19-9-23/h4-5,7-11H,6H2,1-3H3,(H,20,24). The van der Waals surface area contributed by atoms with Crippen LogP contribution in [0.25, 0.3) is 5.82 Å². The van der Waals surface area contributed by atoms with Crippen LogP contribution in [0.1, 0.15) is 48.9 Å². The van der Waals surface area contributed by atoms with Gasteiger partial charge in [0.05, 0.1) is 0 Å². The Morgan fingerprint density at radius 1 is 1.28 bits per heavy atom. The minimum atomic E-state index is -0.396. The molecule has 3 aromatic heterocycles. The van der Waals surface area contributed by atoms with Gasteiger partial charge in [-0.3, -0.25) is 9.36 Å². The van der Waals surface area contributed by atoms with Gasteiger partial charge in [0.2, 0.25) is 5.89 Å². The molecular weight excluding hydrogens is 322 g/mol. The lowest BCUT2D eigenvalue weighted by Gasteiger charge is -2.10. The maximum Gasteiger partial charge on any atom is 0.252 e. The molecule has 0 aliphatic rings. The van der Waals surface area contributed by atoms with Crippen molar-refractivity contribution in [3.8, 4) is 5.82 Å². The molecule has 25 heavy (non-hydrogen) atoms. The Labute approximate surface area is 144 Å². The maximum atomic E-state index is 12.5. The molecule has 0 bridgehead atoms. The molecule has 3 aromatic rings. The minimum absolute atomic E-state index is 0.257. The fourth-order valence-electron chi connectivity index (χ4n) is 2.25. The van der Waals surface area contributed by atoms with E-state index in [0.717, 1.165) is 6.42 Å². The Morgan fingerprint density at radius 3 is 2.76 bits per heavy atom. The van der Waals surface area contributed by atoms with Crippen LogP contribution in [-0.2, 0) is 6.42 Å². The molecule has 0 saturated carbocycles. The SMILES string of the molecule is CC(C)Cc1noc(C(C)NC(=O)c2ccnc(-n3cnnc3)c2)n1. The largest absolute Gasteiger partial charge is 0.341 e. The first-order chi connectivity index (χ1) is 12.0. The molecule has 0 aliphatic heterocycles. The van der Waals surface area contributed by atoms with Crippen LogP contribution in [0, 0.1) is 5.92 Å². The number of hydrogen-bond donors (Lipinski definition) is 1. The van der Waals surface area contributed by atoms with E-state index in [9.17, 15) is 4.79 Å². The van der Waals surface area contributed by atoms with Crippen molar-refractivity contribution in [1.82, 2.24) is 35.2 Å². The minimum Gasteiger partial charge on any atom is -0.341 e. The number of hydrogen-bond acceptors (Lipinski definition) is 7. The normalized spacial score (nSPS) is 12.3. The van der Waals surface area contributed by atoms with Crippen molar-refractivity contribution < 1.29 is 9.32 Å². The van der Waals surface area contributed by atoms with Gasteiger partial charge in [-0.15, -0.1) is 10.2 Å². The van der Waals surface area contributed by atoms with Crippen LogP contribution in [0.3, 0.4) is 0 Å². The highest BCUT2D eigenvalue weighted by Crippen LogP contribution is 2.13. The Hall–Kier alpha value is -3.10. The highest BCUT2D eigenvalue weighted by atomic mass is 16.5. The van der Waals surface area contributed by atoms with Crippen molar-refractivity contribution in [3.63, 3.8) is 0 Å². The zero-order chi connectivity index (χ0) is 17.8. The van der Waals surface area contributed by atoms with Crippen molar-refractivity contribution in [2.75, 3.05) is 0 Å². The predicted molar refractivity (Wildman–Crippen MR) is 87.9 cm³/mol. The second kappa shape index (κ2) is 7.20. The molecule has 9 nitrogen and oxygen atoms in total. The smallest absolute Gasteiger partial charge is 0.252 e. The van der Waals surface area contributed by atoms with E-state index in [2.05, 4.69) is 44.5 Å². The average molecular weight is 341 g/mol. The highest BCUT2D eigenvalue weighted by molar-refractivity contribution is 5.94. The van der Waals surface area contributed by atoms with Crippen molar-refractivity contribution in [2.45, 2.75) is 33.2 Å². The van der Waals surface area contributed by atoms with Crippen LogP contribution in [0.5, 0.6) is 0 Å². The molecule has 0 spiro atoms. The average Bonchev–Trinajstić information content (AvgIpc) is 3.26. The van der Waals surface area contributed by atoms with Crippen LogP contribution in [0.4, 0.5) is 0 Å². The van der Waals surface area contributed by atoms with E-state index in [-0.39, 0.29) is 5.91 Å². The molecule has 0 aromatic carbocycles. The monoisotopic (exact) mass is 341 g/mol. The van der Waals surface area contributed by atoms with Gasteiger partial charge in [0.15, 0.2) is 5.82 Å². The topological polar surface area (TPSA) is 112 Å². The molecule has 1 unspecified atom stereocenters. The summed E-state index contributed by atoms with van der Waals surface area (Å²) in [6.45, 7) is 5.96. The second-order valence-corrected chi connectivity index (χ2v) is 6.11. The predicted octanol–water partition coefficient (Wildman–Crippen LogP) is 1.73. The Morgan fingerprint density at radius 2 is 2.04 bits per heavy atom. The summed E-state index contributed by atoms with van der Waals surface area (Å²) in [7, 11) is 0. The summed E-state index contributed by atoms with van der Waals surface area (Å²) in [5.74, 6) is 1.76. The Bertz CT molecular complexity index is 842. The summed E-state index contributed by atoms with van der Waals surface area (Å²) in [5, 5.41) is 14.2. The highest BCUT2D eigenvalue weighted by Gasteiger charge is 2.18. The van der Waals surface area contributed by atoms with E-state index in [1.54, 1.807) is 29.8 Å². The molecule has 0 radical (unpaired) electrons. The van der Waals surface area contributed by atoms with Crippen LogP contribution in [-0.4, -0.2) is 35.8 Å². The summed E-state index contributed by atoms with van der Waals surface area (Å²) < 4.78 is 6.86. The third-order valence-electron chi connectivity index (χ3n) is 3.48. The third kappa shape index (κ3) is 4.06. The molecule has 3 rings (SSSR count). The lowest BCUT2D eigenvalue weighted by molar-refractivity contribution is 0.0932. The van der Waals surface area contributed by atoms with E-state index in [1.807, 2.05) is 0 Å². The van der Waals surface area contributed by atoms with E-state index in [1.165, 1.54) is 12.7 Å². The zero-order valence-corrected chi connectivity index (χ0v) is 14.2. The van der Waals surface area contributed by atoms with Crippen molar-refractivity contribution in [2.24, 2.45) is 5.92 Å². The molecule has 0 saturated heterocycles. The summed E-state index contributed by atoms with van der Waals surface area (Å²) in [6.07, 6.45) is 5.32. The van der Waals surface area contributed by atoms with Gasteiger partial charge in [-0.1, -0.05) is 19.0 Å². The number of aromatic nitrogens is 6. The van der Waals surface area contributed by atoms with E-state index >= 15 is 0 Å². The maximum absolute atomic E-state index is 12.5. The molecule has 1 atom stereocenters. The van der Waals surface area contributed by atoms with Crippen LogP contribution in [0.2, 0.25) is 0 Å². The molecular formula is C16H19N7O2. The lowest BCUT2D eigenvalue weighted by Crippen LogP contribution is -2.27. The number of carbonyl (C=O) groups is 1. The first-order valence-electron chi connectivity index (χ1n) is 7.97. The number of nitrogens with one attached hydrogen (secondary N) is 1. The second-order valence-electron chi connectivity index (χ2n) is 6.11. The molecule has 1 N–H and O–H groups in total. The molecule has 1 amide bonds. The molecule has 130 valence electrons. The molecule has 9 heteroatoms. The van der Waals surface area contributed by atoms with Crippen LogP contribution >= 0.6 is 0 Å². The summed E-state index contributed by atoms with van der Waals surface area (Å²) in [6, 6.07) is 2.89. The van der Waals surface area contributed by atoms with Gasteiger partial charge in [0.1, 0.15) is 24.5 Å². The number of pyridine rings is 1. The lowest BCUT2D eigenvalue weighted by atomic mass is 10.1. The van der Waals surface area contributed by atoms with Gasteiger partial charge >= 0.3 is 0 Å². The fraction of sp³-hybridized carbons (Fsp3) is 0.375. The van der Waals surface area contributed by atoms with Gasteiger partial charge in [-0.25, -0.2) is 4.98 Å². The Balaban J connectivity index is 1.69. The van der Waals surface area contributed by atoms with Gasteiger partial charge < -0.3 is 9.84 Å². The Kier molecular flexibility index (Phi) is 4.82.